The Labute approximate surface area is 146 Å². The quantitative estimate of drug-likeness (QED) is 0.456. The number of Topliss-reactive ketones (excluding diaryl/α,β-unsaturated/α-hetero) is 1. The number of hydrogen-bond donors (Lipinski definition) is 2. The van der Waals surface area contributed by atoms with E-state index in [2.05, 4.69) is 0 Å². The van der Waals surface area contributed by atoms with Gasteiger partial charge in [-0.1, -0.05) is 0 Å². The third-order valence-electron chi connectivity index (χ3n) is 4.42. The van der Waals surface area contributed by atoms with Crippen molar-refractivity contribution >= 4 is 22.9 Å². The molecule has 3 saturated heterocycles. The fourth-order valence-electron chi connectivity index (χ4n) is 2.77. The molecule has 0 unspecified atom stereocenters. The van der Waals surface area contributed by atoms with Crippen LogP contribution in [0.1, 0.15) is 0 Å². The van der Waals surface area contributed by atoms with Crippen molar-refractivity contribution in [2.75, 3.05) is 50.7 Å². The van der Waals surface area contributed by atoms with E-state index >= 15 is 0 Å². The number of hydrogen-bond acceptors (Lipinski definition) is 7. The minimum absolute atomic E-state index is 0.00546. The molecular weight excluding hydrogens is 318 g/mol. The number of nitrogens with two attached hydrogens (primary N) is 2. The summed E-state index contributed by atoms with van der Waals surface area (Å²) in [5.74, 6) is 0.0485. The molecule has 3 heterocycles. The van der Waals surface area contributed by atoms with E-state index < -0.39 is 0 Å². The van der Waals surface area contributed by atoms with Gasteiger partial charge in [0.25, 0.3) is 0 Å². The lowest BCUT2D eigenvalue weighted by molar-refractivity contribution is -0.117. The van der Waals surface area contributed by atoms with Gasteiger partial charge in [-0.05, 0) is 24.3 Å². The highest BCUT2D eigenvalue weighted by atomic mass is 16.1. The number of rotatable bonds is 3. The van der Waals surface area contributed by atoms with Gasteiger partial charge >= 0.3 is 0 Å². The molecule has 1 aromatic carbocycles. The summed E-state index contributed by atoms with van der Waals surface area (Å²) in [6, 6.07) is 7.09. The van der Waals surface area contributed by atoms with Crippen LogP contribution in [0.3, 0.4) is 0 Å². The van der Waals surface area contributed by atoms with Gasteiger partial charge in [0.05, 0.1) is 5.70 Å². The summed E-state index contributed by atoms with van der Waals surface area (Å²) in [4.78, 5) is 30.5. The topological polar surface area (TPSA) is 95.2 Å². The molecule has 0 amide bonds. The molecule has 0 bridgehead atoms. The minimum atomic E-state index is 0.00546. The number of ketones is 2. The zero-order valence-corrected chi connectivity index (χ0v) is 13.9. The van der Waals surface area contributed by atoms with Gasteiger partial charge in [-0.25, -0.2) is 0 Å². The van der Waals surface area contributed by atoms with Crippen molar-refractivity contribution in [2.24, 2.45) is 0 Å². The smallest absolute Gasteiger partial charge is 0.227 e. The lowest BCUT2D eigenvalue weighted by Gasteiger charge is -2.21. The molecule has 0 saturated carbocycles. The normalized spacial score (nSPS) is 21.0. The largest absolute Gasteiger partial charge is 0.399 e. The minimum Gasteiger partial charge on any atom is -0.399 e. The molecule has 130 valence electrons. The second-order valence-electron chi connectivity index (χ2n) is 6.55. The Morgan fingerprint density at radius 1 is 0.680 bits per heavy atom. The van der Waals surface area contributed by atoms with Gasteiger partial charge in [-0.2, -0.15) is 0 Å². The van der Waals surface area contributed by atoms with E-state index in [0.717, 1.165) is 50.6 Å². The zero-order valence-electron chi connectivity index (χ0n) is 13.9. The van der Waals surface area contributed by atoms with Gasteiger partial charge in [-0.3, -0.25) is 9.59 Å². The second kappa shape index (κ2) is 5.84. The molecule has 5 rings (SSSR count). The van der Waals surface area contributed by atoms with Crippen LogP contribution in [0.15, 0.2) is 47.4 Å². The van der Waals surface area contributed by atoms with Gasteiger partial charge in [0.2, 0.25) is 11.6 Å². The van der Waals surface area contributed by atoms with E-state index in [0.29, 0.717) is 17.1 Å². The molecule has 4 N–H and O–H groups in total. The standard InChI is InChI=1S/C12H13N3O2.C6H8N2/c16-9-7-8(13-1-2-13)12(17)11(15-5-6-15)10(9)14-3-4-14;7-5-1-2-6(8)4-3-5/h7H,1-6H2;1-4H,7-8H2. The van der Waals surface area contributed by atoms with Gasteiger partial charge in [0.15, 0.2) is 0 Å². The molecule has 0 atom stereocenters. The Kier molecular flexibility index (Phi) is 3.63. The fourth-order valence-corrected chi connectivity index (χ4v) is 2.77. The fraction of sp³-hybridized carbons (Fsp3) is 0.333. The molecule has 1 aromatic rings. The Morgan fingerprint density at radius 3 is 1.56 bits per heavy atom. The summed E-state index contributed by atoms with van der Waals surface area (Å²) in [5, 5.41) is 0. The molecule has 3 aliphatic heterocycles. The van der Waals surface area contributed by atoms with Crippen LogP contribution in [-0.2, 0) is 9.59 Å². The van der Waals surface area contributed by atoms with E-state index in [1.807, 2.05) is 14.7 Å². The number of nitrogens with zero attached hydrogens (tertiary/aromatic N) is 3. The van der Waals surface area contributed by atoms with Crippen molar-refractivity contribution < 1.29 is 9.59 Å². The summed E-state index contributed by atoms with van der Waals surface area (Å²) < 4.78 is 0. The van der Waals surface area contributed by atoms with E-state index in [1.165, 1.54) is 6.08 Å². The first-order valence-corrected chi connectivity index (χ1v) is 8.45. The number of carbonyl (C=O) groups is 2. The van der Waals surface area contributed by atoms with E-state index in [-0.39, 0.29) is 11.6 Å². The lowest BCUT2D eigenvalue weighted by Crippen LogP contribution is -2.29. The van der Waals surface area contributed by atoms with Crippen LogP contribution in [0.5, 0.6) is 0 Å². The van der Waals surface area contributed by atoms with Crippen LogP contribution in [0.25, 0.3) is 0 Å². The monoisotopic (exact) mass is 339 g/mol. The van der Waals surface area contributed by atoms with Gasteiger partial charge < -0.3 is 26.2 Å². The summed E-state index contributed by atoms with van der Waals surface area (Å²) in [6.07, 6.45) is 1.52. The highest BCUT2D eigenvalue weighted by Crippen LogP contribution is 2.33. The first-order chi connectivity index (χ1) is 12.0. The first kappa shape index (κ1) is 15.6. The van der Waals surface area contributed by atoms with Crippen LogP contribution < -0.4 is 11.5 Å². The van der Waals surface area contributed by atoms with Gasteiger partial charge in [0.1, 0.15) is 11.4 Å². The molecule has 3 fully saturated rings. The molecule has 7 nitrogen and oxygen atoms in total. The van der Waals surface area contributed by atoms with Crippen molar-refractivity contribution in [1.82, 2.24) is 14.7 Å². The average Bonchev–Trinajstić information content (AvgIpc) is 3.45. The molecule has 25 heavy (non-hydrogen) atoms. The van der Waals surface area contributed by atoms with E-state index in [9.17, 15) is 9.59 Å². The van der Waals surface area contributed by atoms with Crippen molar-refractivity contribution in [2.45, 2.75) is 0 Å². The van der Waals surface area contributed by atoms with Gasteiger partial charge in [-0.15, -0.1) is 0 Å². The molecule has 4 aliphatic rings. The van der Waals surface area contributed by atoms with Crippen molar-refractivity contribution in [3.8, 4) is 0 Å². The Bertz CT molecular complexity index is 763. The number of allylic oxidation sites excluding steroid dienone is 1. The summed E-state index contributed by atoms with van der Waals surface area (Å²) in [6.45, 7) is 5.41. The van der Waals surface area contributed by atoms with Gasteiger partial charge in [0, 0.05) is 56.7 Å². The third-order valence-corrected chi connectivity index (χ3v) is 4.42. The number of nitrogen functional groups attached to an aromatic ring is 2. The van der Waals surface area contributed by atoms with Crippen molar-refractivity contribution in [3.63, 3.8) is 0 Å². The molecular formula is C18H21N5O2. The molecule has 1 aliphatic carbocycles. The lowest BCUT2D eigenvalue weighted by atomic mass is 10.0. The summed E-state index contributed by atoms with van der Waals surface area (Å²) >= 11 is 0. The highest BCUT2D eigenvalue weighted by molar-refractivity contribution is 6.22. The van der Waals surface area contributed by atoms with Crippen molar-refractivity contribution in [3.05, 3.63) is 47.4 Å². The van der Waals surface area contributed by atoms with Crippen LogP contribution in [-0.4, -0.2) is 65.5 Å². The first-order valence-electron chi connectivity index (χ1n) is 8.45. The average molecular weight is 339 g/mol. The zero-order chi connectivity index (χ0) is 17.6. The van der Waals surface area contributed by atoms with Crippen LogP contribution in [0.4, 0.5) is 11.4 Å². The molecule has 0 aromatic heterocycles. The van der Waals surface area contributed by atoms with E-state index in [1.54, 1.807) is 24.3 Å². The van der Waals surface area contributed by atoms with E-state index in [4.69, 9.17) is 11.5 Å². The van der Waals surface area contributed by atoms with Crippen LogP contribution in [0.2, 0.25) is 0 Å². The Morgan fingerprint density at radius 2 is 1.12 bits per heavy atom. The SMILES string of the molecule is Nc1ccc(N)cc1.O=C1C=C(N2CC2)C(=O)C(N2CC2)=C1N1CC1. The maximum Gasteiger partial charge on any atom is 0.227 e. The molecule has 0 radical (unpaired) electrons. The highest BCUT2D eigenvalue weighted by Gasteiger charge is 2.43. The summed E-state index contributed by atoms with van der Waals surface area (Å²) in [5.41, 5.74) is 14.1. The van der Waals surface area contributed by atoms with Crippen LogP contribution >= 0.6 is 0 Å². The number of carbonyl (C=O) groups excluding carboxylic acids is 2. The Balaban J connectivity index is 0.000000166. The number of benzene rings is 1. The predicted molar refractivity (Wildman–Crippen MR) is 95.1 cm³/mol. The van der Waals surface area contributed by atoms with Crippen LogP contribution in [0, 0.1) is 0 Å². The predicted octanol–water partition coefficient (Wildman–Crippen LogP) is 0.0315. The summed E-state index contributed by atoms with van der Waals surface area (Å²) in [7, 11) is 0. The second-order valence-corrected chi connectivity index (χ2v) is 6.55. The molecule has 7 heteroatoms. The van der Waals surface area contributed by atoms with Crippen molar-refractivity contribution in [1.29, 1.82) is 0 Å². The third kappa shape index (κ3) is 3.31. The number of anilines is 2. The maximum absolute atomic E-state index is 12.4. The maximum atomic E-state index is 12.4. The molecule has 0 spiro atoms. The Hall–Kier alpha value is -2.96.